The van der Waals surface area contributed by atoms with Crippen molar-refractivity contribution in [3.63, 3.8) is 0 Å². The molecule has 0 fully saturated rings. The van der Waals surface area contributed by atoms with E-state index in [4.69, 9.17) is 9.84 Å². The van der Waals surface area contributed by atoms with Gasteiger partial charge in [0.05, 0.1) is 12.3 Å². The number of carboxylic acids is 1. The normalized spacial score (nSPS) is 14.4. The highest BCUT2D eigenvalue weighted by Crippen LogP contribution is 2.17. The summed E-state index contributed by atoms with van der Waals surface area (Å²) in [6, 6.07) is 0. The van der Waals surface area contributed by atoms with Crippen LogP contribution in [0.1, 0.15) is 41.0 Å². The van der Waals surface area contributed by atoms with E-state index in [1.165, 1.54) is 0 Å². The van der Waals surface area contributed by atoms with Crippen LogP contribution in [-0.2, 0) is 19.1 Å². The number of carbonyl (C=O) groups is 3. The maximum atomic E-state index is 11.8. The summed E-state index contributed by atoms with van der Waals surface area (Å²) >= 11 is 0. The Labute approximate surface area is 113 Å². The summed E-state index contributed by atoms with van der Waals surface area (Å²) in [4.78, 5) is 33.8. The van der Waals surface area contributed by atoms with Crippen molar-refractivity contribution in [1.29, 1.82) is 0 Å². The summed E-state index contributed by atoms with van der Waals surface area (Å²) in [5, 5.41) is 10.9. The molecule has 2 atom stereocenters. The first kappa shape index (κ1) is 17.4. The summed E-state index contributed by atoms with van der Waals surface area (Å²) < 4.78 is 5.20. The molecule has 2 N–H and O–H groups in total. The number of carboxylic acid groups (broad SMARTS) is 1. The molecule has 0 aliphatic heterocycles. The third-order valence-electron chi connectivity index (χ3n) is 2.58. The van der Waals surface area contributed by atoms with Gasteiger partial charge in [-0.1, -0.05) is 13.8 Å². The number of hydrogen-bond acceptors (Lipinski definition) is 4. The lowest BCUT2D eigenvalue weighted by atomic mass is 9.95. The molecule has 0 aliphatic carbocycles. The second-order valence-electron chi connectivity index (χ2n) is 5.55. The Morgan fingerprint density at radius 1 is 1.16 bits per heavy atom. The molecule has 0 radical (unpaired) electrons. The minimum Gasteiger partial charge on any atom is -0.481 e. The highest BCUT2D eigenvalue weighted by atomic mass is 16.6. The molecular formula is C13H23NO5. The van der Waals surface area contributed by atoms with Crippen LogP contribution in [0.2, 0.25) is 0 Å². The first-order valence-corrected chi connectivity index (χ1v) is 6.27. The molecule has 6 heteroatoms. The van der Waals surface area contributed by atoms with E-state index in [1.54, 1.807) is 34.6 Å². The SMILES string of the molecule is CC(C(=O)NCCC(=O)O)C(C)C(=O)OC(C)(C)C. The monoisotopic (exact) mass is 273 g/mol. The number of esters is 1. The second kappa shape index (κ2) is 7.11. The molecule has 6 nitrogen and oxygen atoms in total. The maximum absolute atomic E-state index is 11.8. The summed E-state index contributed by atoms with van der Waals surface area (Å²) in [5.74, 6) is -2.91. The molecule has 0 saturated carbocycles. The number of nitrogens with one attached hydrogen (secondary N) is 1. The van der Waals surface area contributed by atoms with Crippen LogP contribution in [0.15, 0.2) is 0 Å². The summed E-state index contributed by atoms with van der Waals surface area (Å²) in [5.41, 5.74) is -0.592. The Hall–Kier alpha value is -1.59. The Kier molecular flexibility index (Phi) is 6.52. The van der Waals surface area contributed by atoms with Crippen molar-refractivity contribution in [2.75, 3.05) is 6.54 Å². The first-order valence-electron chi connectivity index (χ1n) is 6.27. The molecule has 0 aromatic rings. The quantitative estimate of drug-likeness (QED) is 0.709. The smallest absolute Gasteiger partial charge is 0.309 e. The zero-order valence-electron chi connectivity index (χ0n) is 12.1. The van der Waals surface area contributed by atoms with Gasteiger partial charge in [0.1, 0.15) is 5.60 Å². The van der Waals surface area contributed by atoms with Gasteiger partial charge < -0.3 is 15.2 Å². The van der Waals surface area contributed by atoms with Crippen molar-refractivity contribution in [1.82, 2.24) is 5.32 Å². The molecular weight excluding hydrogens is 250 g/mol. The predicted octanol–water partition coefficient (Wildman–Crippen LogP) is 1.19. The minimum atomic E-state index is -0.979. The fourth-order valence-electron chi connectivity index (χ4n) is 1.28. The van der Waals surface area contributed by atoms with E-state index in [1.807, 2.05) is 0 Å². The van der Waals surface area contributed by atoms with E-state index in [2.05, 4.69) is 5.32 Å². The summed E-state index contributed by atoms with van der Waals surface area (Å²) in [6.07, 6.45) is -0.140. The Morgan fingerprint density at radius 2 is 1.68 bits per heavy atom. The van der Waals surface area contributed by atoms with E-state index in [0.29, 0.717) is 0 Å². The fraction of sp³-hybridized carbons (Fsp3) is 0.769. The number of amides is 1. The first-order chi connectivity index (χ1) is 8.54. The van der Waals surface area contributed by atoms with Crippen LogP contribution in [0.4, 0.5) is 0 Å². The molecule has 110 valence electrons. The van der Waals surface area contributed by atoms with Crippen LogP contribution in [-0.4, -0.2) is 35.1 Å². The Balaban J connectivity index is 4.31. The van der Waals surface area contributed by atoms with Crippen molar-refractivity contribution < 1.29 is 24.2 Å². The van der Waals surface area contributed by atoms with Gasteiger partial charge in [-0.05, 0) is 20.8 Å². The summed E-state index contributed by atoms with van der Waals surface area (Å²) in [6.45, 7) is 8.57. The molecule has 0 saturated heterocycles. The van der Waals surface area contributed by atoms with Crippen LogP contribution >= 0.6 is 0 Å². The van der Waals surface area contributed by atoms with Gasteiger partial charge in [-0.15, -0.1) is 0 Å². The van der Waals surface area contributed by atoms with Gasteiger partial charge >= 0.3 is 11.9 Å². The van der Waals surface area contributed by atoms with E-state index >= 15 is 0 Å². The zero-order chi connectivity index (χ0) is 15.2. The molecule has 0 aromatic heterocycles. The van der Waals surface area contributed by atoms with E-state index in [9.17, 15) is 14.4 Å². The van der Waals surface area contributed by atoms with Crippen molar-refractivity contribution in [2.24, 2.45) is 11.8 Å². The average Bonchev–Trinajstić information content (AvgIpc) is 2.23. The van der Waals surface area contributed by atoms with Crippen molar-refractivity contribution in [3.05, 3.63) is 0 Å². The number of carbonyl (C=O) groups excluding carboxylic acids is 2. The van der Waals surface area contributed by atoms with Crippen molar-refractivity contribution in [2.45, 2.75) is 46.6 Å². The highest BCUT2D eigenvalue weighted by molar-refractivity contribution is 5.85. The lowest BCUT2D eigenvalue weighted by molar-refractivity contribution is -0.162. The Bertz CT molecular complexity index is 345. The molecule has 19 heavy (non-hydrogen) atoms. The number of ether oxygens (including phenoxy) is 1. The highest BCUT2D eigenvalue weighted by Gasteiger charge is 2.29. The van der Waals surface area contributed by atoms with Crippen LogP contribution in [0.3, 0.4) is 0 Å². The molecule has 0 aliphatic rings. The minimum absolute atomic E-state index is 0.0551. The standard InChI is InChI=1S/C13H23NO5/c1-8(11(17)14-7-6-10(15)16)9(2)12(18)19-13(3,4)5/h8-9H,6-7H2,1-5H3,(H,14,17)(H,15,16). The van der Waals surface area contributed by atoms with Gasteiger partial charge in [-0.2, -0.15) is 0 Å². The van der Waals surface area contributed by atoms with Gasteiger partial charge in [0, 0.05) is 12.5 Å². The summed E-state index contributed by atoms with van der Waals surface area (Å²) in [7, 11) is 0. The molecule has 2 unspecified atom stereocenters. The second-order valence-corrected chi connectivity index (χ2v) is 5.55. The van der Waals surface area contributed by atoms with E-state index in [0.717, 1.165) is 0 Å². The third-order valence-corrected chi connectivity index (χ3v) is 2.58. The molecule has 1 amide bonds. The van der Waals surface area contributed by atoms with Gasteiger partial charge in [-0.25, -0.2) is 0 Å². The van der Waals surface area contributed by atoms with E-state index < -0.39 is 29.4 Å². The fourth-order valence-corrected chi connectivity index (χ4v) is 1.28. The number of rotatable bonds is 6. The third kappa shape index (κ3) is 7.43. The van der Waals surface area contributed by atoms with Crippen molar-refractivity contribution in [3.8, 4) is 0 Å². The van der Waals surface area contributed by atoms with Gasteiger partial charge in [0.25, 0.3) is 0 Å². The van der Waals surface area contributed by atoms with Crippen LogP contribution in [0, 0.1) is 11.8 Å². The maximum Gasteiger partial charge on any atom is 0.309 e. The zero-order valence-corrected chi connectivity index (χ0v) is 12.1. The molecule has 0 rings (SSSR count). The lowest BCUT2D eigenvalue weighted by Crippen LogP contribution is -2.38. The van der Waals surface area contributed by atoms with Gasteiger partial charge in [0.2, 0.25) is 5.91 Å². The van der Waals surface area contributed by atoms with Crippen LogP contribution < -0.4 is 5.32 Å². The topological polar surface area (TPSA) is 92.7 Å². The molecule has 0 bridgehead atoms. The molecule has 0 spiro atoms. The Morgan fingerprint density at radius 3 is 2.11 bits per heavy atom. The average molecular weight is 273 g/mol. The molecule has 0 heterocycles. The van der Waals surface area contributed by atoms with Crippen LogP contribution in [0.25, 0.3) is 0 Å². The van der Waals surface area contributed by atoms with Crippen LogP contribution in [0.5, 0.6) is 0 Å². The predicted molar refractivity (Wildman–Crippen MR) is 69.4 cm³/mol. The van der Waals surface area contributed by atoms with Gasteiger partial charge in [0.15, 0.2) is 0 Å². The largest absolute Gasteiger partial charge is 0.481 e. The number of hydrogen-bond donors (Lipinski definition) is 2. The molecule has 0 aromatic carbocycles. The number of aliphatic carboxylic acids is 1. The van der Waals surface area contributed by atoms with E-state index in [-0.39, 0.29) is 18.9 Å². The van der Waals surface area contributed by atoms with Gasteiger partial charge in [-0.3, -0.25) is 14.4 Å². The lowest BCUT2D eigenvalue weighted by Gasteiger charge is -2.24. The van der Waals surface area contributed by atoms with Crippen molar-refractivity contribution >= 4 is 17.8 Å².